The third kappa shape index (κ3) is 3.14. The van der Waals surface area contributed by atoms with Gasteiger partial charge in [-0.15, -0.1) is 11.3 Å². The average molecular weight is 435 g/mol. The molecule has 3 aromatic heterocycles. The second-order valence-electron chi connectivity index (χ2n) is 5.17. The number of thiophene rings is 1. The lowest BCUT2D eigenvalue weighted by Crippen LogP contribution is -2.18. The van der Waals surface area contributed by atoms with Gasteiger partial charge in [0.1, 0.15) is 4.70 Å². The molecule has 0 saturated heterocycles. The fourth-order valence-electron chi connectivity index (χ4n) is 2.29. The van der Waals surface area contributed by atoms with Gasteiger partial charge in [0.15, 0.2) is 5.16 Å². The highest BCUT2D eigenvalue weighted by Crippen LogP contribution is 2.27. The maximum absolute atomic E-state index is 12.3. The first-order valence-electron chi connectivity index (χ1n) is 7.28. The molecule has 0 N–H and O–H groups in total. The summed E-state index contributed by atoms with van der Waals surface area (Å²) >= 11 is 6.28. The van der Waals surface area contributed by atoms with Crippen LogP contribution in [0.1, 0.15) is 5.89 Å². The predicted molar refractivity (Wildman–Crippen MR) is 102 cm³/mol. The second kappa shape index (κ2) is 6.74. The summed E-state index contributed by atoms with van der Waals surface area (Å²) in [5.41, 5.74) is 1.55. The Morgan fingerprint density at radius 3 is 2.96 bits per heavy atom. The molecule has 0 saturated carbocycles. The molecule has 0 bridgehead atoms. The summed E-state index contributed by atoms with van der Waals surface area (Å²) < 4.78 is 8.44. The SMILES string of the molecule is Cn1c(SCc2nc(-c3ccccc3Br)no2)nc2ccsc2c1=O. The molecular weight excluding hydrogens is 424 g/mol. The Balaban J connectivity index is 1.58. The number of hydrogen-bond acceptors (Lipinski definition) is 7. The van der Waals surface area contributed by atoms with Crippen LogP contribution in [0.15, 0.2) is 54.7 Å². The monoisotopic (exact) mass is 434 g/mol. The molecule has 0 spiro atoms. The van der Waals surface area contributed by atoms with E-state index in [1.165, 1.54) is 23.1 Å². The Morgan fingerprint density at radius 1 is 1.28 bits per heavy atom. The molecular formula is C16H11BrN4O2S2. The normalized spacial score (nSPS) is 11.3. The number of nitrogens with zero attached hydrogens (tertiary/aromatic N) is 4. The second-order valence-corrected chi connectivity index (χ2v) is 7.89. The van der Waals surface area contributed by atoms with E-state index in [0.717, 1.165) is 15.6 Å². The van der Waals surface area contributed by atoms with Gasteiger partial charge in [-0.3, -0.25) is 9.36 Å². The Morgan fingerprint density at radius 2 is 2.12 bits per heavy atom. The fourth-order valence-corrected chi connectivity index (χ4v) is 4.37. The lowest BCUT2D eigenvalue weighted by Gasteiger charge is -2.05. The molecule has 0 aliphatic rings. The number of aromatic nitrogens is 4. The largest absolute Gasteiger partial charge is 0.338 e. The zero-order valence-electron chi connectivity index (χ0n) is 13.0. The van der Waals surface area contributed by atoms with Crippen molar-refractivity contribution in [3.05, 3.63) is 56.4 Å². The molecule has 0 unspecified atom stereocenters. The summed E-state index contributed by atoms with van der Waals surface area (Å²) in [4.78, 5) is 21.3. The Bertz CT molecular complexity index is 1120. The number of hydrogen-bond donors (Lipinski definition) is 0. The molecule has 0 atom stereocenters. The highest BCUT2D eigenvalue weighted by atomic mass is 79.9. The Hall–Kier alpha value is -1.97. The van der Waals surface area contributed by atoms with Gasteiger partial charge in [0.25, 0.3) is 5.56 Å². The zero-order valence-corrected chi connectivity index (χ0v) is 16.2. The first-order valence-corrected chi connectivity index (χ1v) is 9.94. The van der Waals surface area contributed by atoms with E-state index in [-0.39, 0.29) is 5.56 Å². The minimum Gasteiger partial charge on any atom is -0.338 e. The smallest absolute Gasteiger partial charge is 0.271 e. The first-order chi connectivity index (χ1) is 12.1. The molecule has 0 amide bonds. The van der Waals surface area contributed by atoms with E-state index in [1.54, 1.807) is 11.6 Å². The Labute approximate surface area is 159 Å². The van der Waals surface area contributed by atoms with Crippen LogP contribution in [0.2, 0.25) is 0 Å². The minimum atomic E-state index is -0.0399. The van der Waals surface area contributed by atoms with Gasteiger partial charge in [0.05, 0.1) is 11.3 Å². The van der Waals surface area contributed by atoms with E-state index in [1.807, 2.05) is 35.7 Å². The summed E-state index contributed by atoms with van der Waals surface area (Å²) in [5, 5.41) is 6.52. The zero-order chi connectivity index (χ0) is 17.4. The maximum atomic E-state index is 12.3. The molecule has 0 radical (unpaired) electrons. The predicted octanol–water partition coefficient (Wildman–Crippen LogP) is 4.10. The van der Waals surface area contributed by atoms with Crippen molar-refractivity contribution in [3.63, 3.8) is 0 Å². The first kappa shape index (κ1) is 16.5. The van der Waals surface area contributed by atoms with Crippen LogP contribution in [0, 0.1) is 0 Å². The molecule has 0 aliphatic carbocycles. The van der Waals surface area contributed by atoms with Gasteiger partial charge >= 0.3 is 0 Å². The van der Waals surface area contributed by atoms with Gasteiger partial charge in [-0.05, 0) is 23.6 Å². The van der Waals surface area contributed by atoms with Crippen molar-refractivity contribution in [1.29, 1.82) is 0 Å². The third-order valence-electron chi connectivity index (χ3n) is 3.55. The lowest BCUT2D eigenvalue weighted by molar-refractivity contribution is 0.391. The van der Waals surface area contributed by atoms with E-state index >= 15 is 0 Å². The van der Waals surface area contributed by atoms with Crippen LogP contribution in [0.3, 0.4) is 0 Å². The molecule has 4 rings (SSSR count). The molecule has 3 heterocycles. The number of halogens is 1. The van der Waals surface area contributed by atoms with Crippen molar-refractivity contribution in [3.8, 4) is 11.4 Å². The summed E-state index contributed by atoms with van der Waals surface area (Å²) in [6, 6.07) is 9.54. The minimum absolute atomic E-state index is 0.0399. The van der Waals surface area contributed by atoms with Crippen molar-refractivity contribution in [2.75, 3.05) is 0 Å². The van der Waals surface area contributed by atoms with Crippen LogP contribution >= 0.6 is 39.0 Å². The van der Waals surface area contributed by atoms with E-state index in [0.29, 0.717) is 27.3 Å². The third-order valence-corrected chi connectivity index (χ3v) is 6.15. The summed E-state index contributed by atoms with van der Waals surface area (Å²) in [7, 11) is 1.72. The van der Waals surface area contributed by atoms with Crippen LogP contribution in [-0.2, 0) is 12.8 Å². The quantitative estimate of drug-likeness (QED) is 0.355. The van der Waals surface area contributed by atoms with Gasteiger partial charge in [-0.1, -0.05) is 45.0 Å². The van der Waals surface area contributed by atoms with Crippen LogP contribution < -0.4 is 5.56 Å². The van der Waals surface area contributed by atoms with Crippen molar-refractivity contribution in [1.82, 2.24) is 19.7 Å². The van der Waals surface area contributed by atoms with Gasteiger partial charge in [-0.25, -0.2) is 4.98 Å². The highest BCUT2D eigenvalue weighted by Gasteiger charge is 2.14. The molecule has 6 nitrogen and oxygen atoms in total. The maximum Gasteiger partial charge on any atom is 0.271 e. The summed E-state index contributed by atoms with van der Waals surface area (Å²) in [6.07, 6.45) is 0. The highest BCUT2D eigenvalue weighted by molar-refractivity contribution is 9.10. The summed E-state index contributed by atoms with van der Waals surface area (Å²) in [6.45, 7) is 0. The lowest BCUT2D eigenvalue weighted by atomic mass is 10.2. The molecule has 126 valence electrons. The number of benzene rings is 1. The van der Waals surface area contributed by atoms with Gasteiger partial charge in [-0.2, -0.15) is 4.98 Å². The standard InChI is InChI=1S/C16H11BrN4O2S2/c1-21-15(22)13-11(6-7-24-13)18-16(21)25-8-12-19-14(20-23-12)9-4-2-3-5-10(9)17/h2-7H,8H2,1H3. The van der Waals surface area contributed by atoms with Crippen LogP contribution in [0.5, 0.6) is 0 Å². The molecule has 9 heteroatoms. The molecule has 0 aliphatic heterocycles. The van der Waals surface area contributed by atoms with Gasteiger partial charge in [0, 0.05) is 17.1 Å². The molecule has 1 aromatic carbocycles. The van der Waals surface area contributed by atoms with Gasteiger partial charge < -0.3 is 4.52 Å². The van der Waals surface area contributed by atoms with E-state index in [9.17, 15) is 4.79 Å². The van der Waals surface area contributed by atoms with E-state index in [2.05, 4.69) is 31.1 Å². The Kier molecular flexibility index (Phi) is 4.45. The fraction of sp³-hybridized carbons (Fsp3) is 0.125. The number of thioether (sulfide) groups is 1. The number of rotatable bonds is 4. The van der Waals surface area contributed by atoms with Crippen molar-refractivity contribution < 1.29 is 4.52 Å². The molecule has 4 aromatic rings. The summed E-state index contributed by atoms with van der Waals surface area (Å²) in [5.74, 6) is 1.45. The van der Waals surface area contributed by atoms with Crippen molar-refractivity contribution >= 4 is 49.2 Å². The van der Waals surface area contributed by atoms with E-state index < -0.39 is 0 Å². The van der Waals surface area contributed by atoms with Crippen LogP contribution in [0.25, 0.3) is 21.6 Å². The molecule has 25 heavy (non-hydrogen) atoms. The van der Waals surface area contributed by atoms with Crippen LogP contribution in [-0.4, -0.2) is 19.7 Å². The van der Waals surface area contributed by atoms with Crippen molar-refractivity contribution in [2.24, 2.45) is 7.05 Å². The number of fused-ring (bicyclic) bond motifs is 1. The van der Waals surface area contributed by atoms with E-state index in [4.69, 9.17) is 4.52 Å². The topological polar surface area (TPSA) is 73.8 Å². The van der Waals surface area contributed by atoms with Crippen molar-refractivity contribution in [2.45, 2.75) is 10.9 Å². The average Bonchev–Trinajstić information content (AvgIpc) is 3.26. The van der Waals surface area contributed by atoms with Gasteiger partial charge in [0.2, 0.25) is 11.7 Å². The molecule has 0 fully saturated rings. The van der Waals surface area contributed by atoms with Crippen LogP contribution in [0.4, 0.5) is 0 Å².